The summed E-state index contributed by atoms with van der Waals surface area (Å²) in [5.41, 5.74) is 1.44. The van der Waals surface area contributed by atoms with Crippen LogP contribution >= 0.6 is 0 Å². The van der Waals surface area contributed by atoms with E-state index in [4.69, 9.17) is 9.47 Å². The van der Waals surface area contributed by atoms with Crippen molar-refractivity contribution in [3.05, 3.63) is 42.1 Å². The lowest BCUT2D eigenvalue weighted by molar-refractivity contribution is 0.000456. The number of hydrogen-bond acceptors (Lipinski definition) is 5. The normalized spacial score (nSPS) is 17.3. The minimum atomic E-state index is -0.286. The Kier molecular flexibility index (Phi) is 4.65. The molecule has 116 valence electrons. The highest BCUT2D eigenvalue weighted by atomic mass is 16.5. The Balaban J connectivity index is 1.62. The number of aromatic nitrogens is 1. The van der Waals surface area contributed by atoms with E-state index in [1.807, 2.05) is 31.2 Å². The van der Waals surface area contributed by atoms with Crippen molar-refractivity contribution in [2.45, 2.75) is 13.0 Å². The molecule has 1 fully saturated rings. The van der Waals surface area contributed by atoms with Crippen LogP contribution in [-0.4, -0.2) is 54.8 Å². The molecule has 0 radical (unpaired) electrons. The Bertz CT molecular complexity index is 653. The van der Waals surface area contributed by atoms with E-state index in [2.05, 4.69) is 9.88 Å². The van der Waals surface area contributed by atoms with Crippen molar-refractivity contribution in [3.8, 4) is 0 Å². The van der Waals surface area contributed by atoms with E-state index in [1.165, 1.54) is 0 Å². The average Bonchev–Trinajstić information content (AvgIpc) is 2.55. The van der Waals surface area contributed by atoms with Crippen molar-refractivity contribution in [1.29, 1.82) is 0 Å². The van der Waals surface area contributed by atoms with Crippen LogP contribution in [0.15, 0.2) is 36.5 Å². The van der Waals surface area contributed by atoms with Crippen molar-refractivity contribution >= 4 is 16.9 Å². The molecule has 5 heteroatoms. The van der Waals surface area contributed by atoms with E-state index in [1.54, 1.807) is 12.3 Å². The lowest BCUT2D eigenvalue weighted by Gasteiger charge is -2.28. The van der Waals surface area contributed by atoms with Gasteiger partial charge in [-0.2, -0.15) is 0 Å². The molecule has 1 aliphatic heterocycles. The number of carbonyl (C=O) groups excluding carboxylic acids is 1. The molecular weight excluding hydrogens is 280 g/mol. The van der Waals surface area contributed by atoms with Gasteiger partial charge in [-0.25, -0.2) is 4.79 Å². The largest absolute Gasteiger partial charge is 0.458 e. The van der Waals surface area contributed by atoms with Crippen LogP contribution in [0.4, 0.5) is 0 Å². The van der Waals surface area contributed by atoms with Crippen LogP contribution in [0.5, 0.6) is 0 Å². The second kappa shape index (κ2) is 6.85. The Morgan fingerprint density at radius 2 is 2.18 bits per heavy atom. The number of hydrogen-bond donors (Lipinski definition) is 0. The molecule has 2 aromatic rings. The van der Waals surface area contributed by atoms with Crippen molar-refractivity contribution in [3.63, 3.8) is 0 Å². The number of carbonyl (C=O) groups is 1. The molecule has 0 spiro atoms. The van der Waals surface area contributed by atoms with Gasteiger partial charge in [0.05, 0.1) is 24.3 Å². The molecule has 0 amide bonds. The van der Waals surface area contributed by atoms with Crippen LogP contribution in [0.2, 0.25) is 0 Å². The van der Waals surface area contributed by atoms with Gasteiger partial charge in [0.1, 0.15) is 6.10 Å². The number of ether oxygens (including phenoxy) is 2. The topological polar surface area (TPSA) is 51.7 Å². The Morgan fingerprint density at radius 3 is 3.00 bits per heavy atom. The fourth-order valence-corrected chi connectivity index (χ4v) is 2.64. The third kappa shape index (κ3) is 3.61. The van der Waals surface area contributed by atoms with Crippen molar-refractivity contribution in [1.82, 2.24) is 9.88 Å². The van der Waals surface area contributed by atoms with Crippen LogP contribution in [0.3, 0.4) is 0 Å². The van der Waals surface area contributed by atoms with E-state index < -0.39 is 0 Å². The molecule has 0 bridgehead atoms. The molecule has 1 atom stereocenters. The van der Waals surface area contributed by atoms with E-state index >= 15 is 0 Å². The first kappa shape index (κ1) is 14.9. The summed E-state index contributed by atoms with van der Waals surface area (Å²) in [7, 11) is 0. The molecule has 0 N–H and O–H groups in total. The first-order valence-corrected chi connectivity index (χ1v) is 7.58. The third-order valence-electron chi connectivity index (χ3n) is 3.77. The van der Waals surface area contributed by atoms with Gasteiger partial charge in [-0.05, 0) is 31.2 Å². The highest BCUT2D eigenvalue weighted by molar-refractivity contribution is 5.94. The minimum Gasteiger partial charge on any atom is -0.458 e. The van der Waals surface area contributed by atoms with Crippen LogP contribution < -0.4 is 0 Å². The van der Waals surface area contributed by atoms with Gasteiger partial charge in [0.15, 0.2) is 0 Å². The molecule has 3 rings (SSSR count). The van der Waals surface area contributed by atoms with E-state index in [9.17, 15) is 4.79 Å². The number of benzene rings is 1. The highest BCUT2D eigenvalue weighted by Crippen LogP contribution is 2.15. The first-order valence-electron chi connectivity index (χ1n) is 7.58. The fraction of sp³-hybridized carbons (Fsp3) is 0.412. The van der Waals surface area contributed by atoms with Crippen LogP contribution in [-0.2, 0) is 9.47 Å². The zero-order valence-electron chi connectivity index (χ0n) is 12.7. The summed E-state index contributed by atoms with van der Waals surface area (Å²) in [6.07, 6.45) is 1.60. The lowest BCUT2D eigenvalue weighted by atomic mass is 10.1. The summed E-state index contributed by atoms with van der Waals surface area (Å²) >= 11 is 0. The maximum Gasteiger partial charge on any atom is 0.338 e. The number of pyridine rings is 1. The summed E-state index contributed by atoms with van der Waals surface area (Å²) in [6.45, 7) is 5.95. The standard InChI is InChI=1S/C17H20N2O3/c1-13(12-19-7-9-21-10-8-19)22-17(20)15-4-5-16-14(11-15)3-2-6-18-16/h2-6,11,13H,7-10,12H2,1H3. The smallest absolute Gasteiger partial charge is 0.338 e. The first-order chi connectivity index (χ1) is 10.7. The highest BCUT2D eigenvalue weighted by Gasteiger charge is 2.17. The van der Waals surface area contributed by atoms with Gasteiger partial charge in [-0.3, -0.25) is 9.88 Å². The van der Waals surface area contributed by atoms with E-state index in [-0.39, 0.29) is 12.1 Å². The van der Waals surface area contributed by atoms with Gasteiger partial charge in [0.25, 0.3) is 0 Å². The Morgan fingerprint density at radius 1 is 1.36 bits per heavy atom. The number of morpholine rings is 1. The summed E-state index contributed by atoms with van der Waals surface area (Å²) in [6, 6.07) is 9.23. The van der Waals surface area contributed by atoms with Gasteiger partial charge in [-0.15, -0.1) is 0 Å². The number of fused-ring (bicyclic) bond motifs is 1. The average molecular weight is 300 g/mol. The van der Waals surface area contributed by atoms with E-state index in [0.29, 0.717) is 5.56 Å². The SMILES string of the molecule is CC(CN1CCOCC1)OC(=O)c1ccc2ncccc2c1. The van der Waals surface area contributed by atoms with Gasteiger partial charge in [0.2, 0.25) is 0 Å². The van der Waals surface area contributed by atoms with Gasteiger partial charge < -0.3 is 9.47 Å². The molecule has 2 heterocycles. The zero-order valence-corrected chi connectivity index (χ0v) is 12.7. The van der Waals surface area contributed by atoms with Crippen molar-refractivity contribution < 1.29 is 14.3 Å². The summed E-state index contributed by atoms with van der Waals surface area (Å²) in [4.78, 5) is 18.8. The lowest BCUT2D eigenvalue weighted by Crippen LogP contribution is -2.41. The van der Waals surface area contributed by atoms with Gasteiger partial charge in [0, 0.05) is 31.2 Å². The molecule has 1 aromatic heterocycles. The molecular formula is C17H20N2O3. The molecule has 1 saturated heterocycles. The predicted octanol–water partition coefficient (Wildman–Crippen LogP) is 2.11. The zero-order chi connectivity index (χ0) is 15.4. The molecule has 1 aliphatic rings. The second-order valence-electron chi connectivity index (χ2n) is 5.54. The molecule has 0 aliphatic carbocycles. The summed E-state index contributed by atoms with van der Waals surface area (Å²) in [5, 5.41) is 0.942. The maximum absolute atomic E-state index is 12.3. The number of nitrogens with zero attached hydrogens (tertiary/aromatic N) is 2. The van der Waals surface area contributed by atoms with Crippen molar-refractivity contribution in [2.75, 3.05) is 32.8 Å². The quantitative estimate of drug-likeness (QED) is 0.810. The van der Waals surface area contributed by atoms with Crippen LogP contribution in [0.1, 0.15) is 17.3 Å². The Hall–Kier alpha value is -1.98. The Labute approximate surface area is 129 Å². The molecule has 22 heavy (non-hydrogen) atoms. The van der Waals surface area contributed by atoms with Gasteiger partial charge >= 0.3 is 5.97 Å². The van der Waals surface area contributed by atoms with Gasteiger partial charge in [-0.1, -0.05) is 6.07 Å². The summed E-state index contributed by atoms with van der Waals surface area (Å²) in [5.74, 6) is -0.286. The van der Waals surface area contributed by atoms with Crippen LogP contribution in [0, 0.1) is 0 Å². The number of rotatable bonds is 4. The number of esters is 1. The maximum atomic E-state index is 12.3. The monoisotopic (exact) mass is 300 g/mol. The fourth-order valence-electron chi connectivity index (χ4n) is 2.64. The van der Waals surface area contributed by atoms with Crippen LogP contribution in [0.25, 0.3) is 10.9 Å². The molecule has 1 unspecified atom stereocenters. The third-order valence-corrected chi connectivity index (χ3v) is 3.77. The second-order valence-corrected chi connectivity index (χ2v) is 5.54. The predicted molar refractivity (Wildman–Crippen MR) is 83.9 cm³/mol. The molecule has 0 saturated carbocycles. The summed E-state index contributed by atoms with van der Waals surface area (Å²) < 4.78 is 10.9. The van der Waals surface area contributed by atoms with E-state index in [0.717, 1.165) is 43.8 Å². The van der Waals surface area contributed by atoms with Crippen molar-refractivity contribution in [2.24, 2.45) is 0 Å². The molecule has 5 nitrogen and oxygen atoms in total. The minimum absolute atomic E-state index is 0.143. The molecule has 1 aromatic carbocycles.